The van der Waals surface area contributed by atoms with Crippen LogP contribution in [-0.4, -0.2) is 56.4 Å². The van der Waals surface area contributed by atoms with Gasteiger partial charge in [0.05, 0.1) is 25.9 Å². The first kappa shape index (κ1) is 29.0. The number of ether oxygens (including phenoxy) is 3. The number of aryl methyl sites for hydroxylation is 2. The zero-order valence-corrected chi connectivity index (χ0v) is 24.8. The molecule has 2 heterocycles. The van der Waals surface area contributed by atoms with Crippen LogP contribution in [0.4, 0.5) is 0 Å². The lowest BCUT2D eigenvalue weighted by Gasteiger charge is -2.25. The van der Waals surface area contributed by atoms with Gasteiger partial charge in [-0.2, -0.15) is 0 Å². The highest BCUT2D eigenvalue weighted by molar-refractivity contribution is 7.88. The van der Waals surface area contributed by atoms with Gasteiger partial charge >= 0.3 is 5.97 Å². The third kappa shape index (κ3) is 6.68. The quantitative estimate of drug-likeness (QED) is 0.336. The number of sulfonamides is 1. The summed E-state index contributed by atoms with van der Waals surface area (Å²) in [6.07, 6.45) is 2.08. The van der Waals surface area contributed by atoms with Gasteiger partial charge in [-0.3, -0.25) is 4.79 Å². The number of carboxylic acids is 1. The van der Waals surface area contributed by atoms with Crippen molar-refractivity contribution in [1.29, 1.82) is 0 Å². The number of hydrogen-bond acceptors (Lipinski definition) is 6. The Morgan fingerprint density at radius 3 is 2.51 bits per heavy atom. The van der Waals surface area contributed by atoms with Crippen LogP contribution in [0.3, 0.4) is 0 Å². The lowest BCUT2D eigenvalue weighted by molar-refractivity contribution is -0.137. The second kappa shape index (κ2) is 11.4. The topological polar surface area (TPSA) is 102 Å². The Bertz CT molecular complexity index is 1540. The third-order valence-corrected chi connectivity index (χ3v) is 9.24. The van der Waals surface area contributed by atoms with E-state index in [1.54, 1.807) is 0 Å². The van der Waals surface area contributed by atoms with Crippen LogP contribution < -0.4 is 14.2 Å². The average molecular weight is 580 g/mol. The van der Waals surface area contributed by atoms with Crippen molar-refractivity contribution in [1.82, 2.24) is 4.31 Å². The van der Waals surface area contributed by atoms with Crippen molar-refractivity contribution < 1.29 is 32.5 Å². The molecule has 0 saturated carbocycles. The molecule has 1 fully saturated rings. The molecule has 2 atom stereocenters. The van der Waals surface area contributed by atoms with Crippen molar-refractivity contribution in [3.8, 4) is 28.4 Å². The van der Waals surface area contributed by atoms with Crippen LogP contribution in [0.15, 0.2) is 54.6 Å². The highest BCUT2D eigenvalue weighted by Crippen LogP contribution is 2.39. The standard InChI is InChI=1S/C32H37NO7S/c1-21-12-27(40-20-32(3)10-11-33(19-32)41(4,36)37)13-22(2)31(21)24-7-5-6-23(14-24)17-38-26-8-9-28-25(15-30(34)35)18-39-29(28)16-26/h5-9,12-14,16,25H,10-11,15,17-20H2,1-4H3,(H,34,35). The minimum atomic E-state index is -3.19. The van der Waals surface area contributed by atoms with E-state index in [0.29, 0.717) is 44.4 Å². The van der Waals surface area contributed by atoms with Gasteiger partial charge in [0.1, 0.15) is 23.9 Å². The molecule has 0 spiro atoms. The van der Waals surface area contributed by atoms with E-state index in [4.69, 9.17) is 19.3 Å². The molecule has 3 aromatic carbocycles. The molecule has 2 unspecified atom stereocenters. The van der Waals surface area contributed by atoms with Crippen molar-refractivity contribution >= 4 is 16.0 Å². The summed E-state index contributed by atoms with van der Waals surface area (Å²) in [6.45, 7) is 8.43. The molecule has 3 aromatic rings. The van der Waals surface area contributed by atoms with Crippen LogP contribution in [0.2, 0.25) is 0 Å². The van der Waals surface area contributed by atoms with Crippen LogP contribution in [0.25, 0.3) is 11.1 Å². The molecule has 2 aliphatic rings. The summed E-state index contributed by atoms with van der Waals surface area (Å²) in [6, 6.07) is 17.9. The van der Waals surface area contributed by atoms with Gasteiger partial charge in [-0.05, 0) is 72.4 Å². The molecule has 1 N–H and O–H groups in total. The molecule has 41 heavy (non-hydrogen) atoms. The smallest absolute Gasteiger partial charge is 0.304 e. The largest absolute Gasteiger partial charge is 0.493 e. The van der Waals surface area contributed by atoms with Crippen molar-refractivity contribution in [2.75, 3.05) is 32.6 Å². The van der Waals surface area contributed by atoms with Gasteiger partial charge in [-0.15, -0.1) is 0 Å². The number of hydrogen-bond donors (Lipinski definition) is 1. The summed E-state index contributed by atoms with van der Waals surface area (Å²) in [5.41, 5.74) is 6.14. The molecule has 1 saturated heterocycles. The van der Waals surface area contributed by atoms with Crippen LogP contribution in [0.5, 0.6) is 17.2 Å². The maximum absolute atomic E-state index is 11.9. The van der Waals surface area contributed by atoms with E-state index in [9.17, 15) is 13.2 Å². The summed E-state index contributed by atoms with van der Waals surface area (Å²) in [7, 11) is -3.19. The van der Waals surface area contributed by atoms with Gasteiger partial charge in [-0.25, -0.2) is 12.7 Å². The minimum Gasteiger partial charge on any atom is -0.493 e. The zero-order valence-electron chi connectivity index (χ0n) is 24.0. The van der Waals surface area contributed by atoms with Crippen LogP contribution in [-0.2, 0) is 21.4 Å². The molecule has 0 radical (unpaired) electrons. The summed E-state index contributed by atoms with van der Waals surface area (Å²) in [5, 5.41) is 9.12. The molecular weight excluding hydrogens is 542 g/mol. The van der Waals surface area contributed by atoms with Crippen LogP contribution in [0, 0.1) is 19.3 Å². The Kier molecular flexibility index (Phi) is 8.03. The molecule has 9 heteroatoms. The van der Waals surface area contributed by atoms with Gasteiger partial charge in [0.25, 0.3) is 0 Å². The second-order valence-corrected chi connectivity index (χ2v) is 13.7. The first-order valence-electron chi connectivity index (χ1n) is 13.8. The zero-order chi connectivity index (χ0) is 29.4. The monoisotopic (exact) mass is 579 g/mol. The highest BCUT2D eigenvalue weighted by Gasteiger charge is 2.38. The van der Waals surface area contributed by atoms with E-state index < -0.39 is 16.0 Å². The van der Waals surface area contributed by atoms with Crippen LogP contribution in [0.1, 0.15) is 47.9 Å². The van der Waals surface area contributed by atoms with Gasteiger partial charge in [0, 0.05) is 36.1 Å². The Balaban J connectivity index is 1.24. The van der Waals surface area contributed by atoms with Gasteiger partial charge < -0.3 is 19.3 Å². The number of aliphatic carboxylic acids is 1. The van der Waals surface area contributed by atoms with Gasteiger partial charge in [0.2, 0.25) is 10.0 Å². The van der Waals surface area contributed by atoms with E-state index in [1.165, 1.54) is 10.6 Å². The molecule has 8 nitrogen and oxygen atoms in total. The molecule has 5 rings (SSSR count). The van der Waals surface area contributed by atoms with Gasteiger partial charge in [0.15, 0.2) is 0 Å². The summed E-state index contributed by atoms with van der Waals surface area (Å²) >= 11 is 0. The molecule has 218 valence electrons. The lowest BCUT2D eigenvalue weighted by atomic mass is 9.91. The molecule has 2 aliphatic heterocycles. The summed E-state index contributed by atoms with van der Waals surface area (Å²) < 4.78 is 43.4. The maximum atomic E-state index is 11.9. The molecule has 0 amide bonds. The highest BCUT2D eigenvalue weighted by atomic mass is 32.2. The van der Waals surface area contributed by atoms with E-state index in [2.05, 4.69) is 32.9 Å². The Labute approximate surface area is 241 Å². The van der Waals surface area contributed by atoms with E-state index in [1.807, 2.05) is 42.5 Å². The number of rotatable bonds is 10. The van der Waals surface area contributed by atoms with Crippen molar-refractivity contribution in [2.24, 2.45) is 5.41 Å². The Morgan fingerprint density at radius 1 is 1.07 bits per heavy atom. The fourth-order valence-corrected chi connectivity index (χ4v) is 6.78. The van der Waals surface area contributed by atoms with Crippen LogP contribution >= 0.6 is 0 Å². The Morgan fingerprint density at radius 2 is 1.83 bits per heavy atom. The number of benzene rings is 3. The number of carbonyl (C=O) groups is 1. The Hall–Kier alpha value is -3.56. The van der Waals surface area contributed by atoms with Crippen molar-refractivity contribution in [3.63, 3.8) is 0 Å². The van der Waals surface area contributed by atoms with Gasteiger partial charge in [-0.1, -0.05) is 31.2 Å². The number of fused-ring (bicyclic) bond motifs is 1. The molecule has 0 aliphatic carbocycles. The van der Waals surface area contributed by atoms with E-state index in [-0.39, 0.29) is 17.8 Å². The number of nitrogens with zero attached hydrogens (tertiary/aromatic N) is 1. The third-order valence-electron chi connectivity index (χ3n) is 7.99. The molecule has 0 bridgehead atoms. The van der Waals surface area contributed by atoms with Crippen molar-refractivity contribution in [2.45, 2.75) is 46.1 Å². The van der Waals surface area contributed by atoms with E-state index in [0.717, 1.165) is 45.6 Å². The summed E-state index contributed by atoms with van der Waals surface area (Å²) in [5.74, 6) is 1.18. The maximum Gasteiger partial charge on any atom is 0.304 e. The van der Waals surface area contributed by atoms with E-state index >= 15 is 0 Å². The summed E-state index contributed by atoms with van der Waals surface area (Å²) in [4.78, 5) is 11.1. The second-order valence-electron chi connectivity index (χ2n) is 11.7. The minimum absolute atomic E-state index is 0.0510. The fourth-order valence-electron chi connectivity index (χ4n) is 5.81. The van der Waals surface area contributed by atoms with Crippen molar-refractivity contribution in [3.05, 3.63) is 76.9 Å². The first-order valence-corrected chi connectivity index (χ1v) is 15.6. The molecular formula is C32H37NO7S. The average Bonchev–Trinajstić information content (AvgIpc) is 3.49. The lowest BCUT2D eigenvalue weighted by Crippen LogP contribution is -2.33. The fraction of sp³-hybridized carbons (Fsp3) is 0.406. The molecule has 0 aromatic heterocycles. The first-order chi connectivity index (χ1) is 19.4. The SMILES string of the molecule is Cc1cc(OCC2(C)CCN(S(C)(=O)=O)C2)cc(C)c1-c1cccc(COc2ccc3c(c2)OCC3CC(=O)O)c1. The normalized spacial score (nSPS) is 20.4. The predicted octanol–water partition coefficient (Wildman–Crippen LogP) is 5.55. The predicted molar refractivity (Wildman–Crippen MR) is 157 cm³/mol. The number of carboxylic acid groups (broad SMARTS) is 1.